The Kier molecular flexibility index (Phi) is 5.91. The SMILES string of the molecule is COc1ccc(N([C@@H](C)c2ccc(F)cc2)S(=O)(=O)c2ccc(Cl)cc2)cc1. The van der Waals surface area contributed by atoms with E-state index >= 15 is 0 Å². The fourth-order valence-corrected chi connectivity index (χ4v) is 4.67. The Morgan fingerprint density at radius 1 is 0.929 bits per heavy atom. The largest absolute Gasteiger partial charge is 0.497 e. The number of sulfonamides is 1. The number of hydrogen-bond acceptors (Lipinski definition) is 3. The van der Waals surface area contributed by atoms with Crippen LogP contribution in [0.15, 0.2) is 77.7 Å². The minimum absolute atomic E-state index is 0.113. The summed E-state index contributed by atoms with van der Waals surface area (Å²) in [5.41, 5.74) is 1.13. The summed E-state index contributed by atoms with van der Waals surface area (Å²) in [4.78, 5) is 0.113. The van der Waals surface area contributed by atoms with Crippen LogP contribution in [0.2, 0.25) is 5.02 Å². The highest BCUT2D eigenvalue weighted by Crippen LogP contribution is 2.34. The van der Waals surface area contributed by atoms with E-state index in [1.54, 1.807) is 50.4 Å². The number of nitrogens with zero attached hydrogens (tertiary/aromatic N) is 1. The molecule has 1 atom stereocenters. The molecule has 0 N–H and O–H groups in total. The van der Waals surface area contributed by atoms with Gasteiger partial charge in [-0.3, -0.25) is 4.31 Å². The Balaban J connectivity index is 2.12. The van der Waals surface area contributed by atoms with Crippen molar-refractivity contribution in [3.8, 4) is 5.75 Å². The average molecular weight is 420 g/mol. The number of rotatable bonds is 6. The van der Waals surface area contributed by atoms with Gasteiger partial charge in [0.2, 0.25) is 0 Å². The van der Waals surface area contributed by atoms with Gasteiger partial charge in [0, 0.05) is 5.02 Å². The summed E-state index contributed by atoms with van der Waals surface area (Å²) in [6.45, 7) is 1.75. The second-order valence-electron chi connectivity index (χ2n) is 6.18. The van der Waals surface area contributed by atoms with Crippen LogP contribution in [0.4, 0.5) is 10.1 Å². The fraction of sp³-hybridized carbons (Fsp3) is 0.143. The highest BCUT2D eigenvalue weighted by Gasteiger charge is 2.30. The van der Waals surface area contributed by atoms with Gasteiger partial charge >= 0.3 is 0 Å². The number of hydrogen-bond donors (Lipinski definition) is 0. The predicted octanol–water partition coefficient (Wildman–Crippen LogP) is 5.44. The first-order valence-electron chi connectivity index (χ1n) is 8.52. The molecule has 4 nitrogen and oxygen atoms in total. The molecule has 3 rings (SSSR count). The standard InChI is InChI=1S/C21H19ClFNO3S/c1-15(16-3-7-18(23)8-4-16)24(19-9-11-20(27-2)12-10-19)28(25,26)21-13-5-17(22)6-14-21/h3-15H,1-2H3/t15-/m0/s1. The van der Waals surface area contributed by atoms with E-state index in [1.807, 2.05) is 0 Å². The summed E-state index contributed by atoms with van der Waals surface area (Å²) in [5, 5.41) is 0.446. The average Bonchev–Trinajstić information content (AvgIpc) is 2.69. The van der Waals surface area contributed by atoms with Crippen LogP contribution >= 0.6 is 11.6 Å². The maximum Gasteiger partial charge on any atom is 0.264 e. The monoisotopic (exact) mass is 419 g/mol. The van der Waals surface area contributed by atoms with E-state index in [0.29, 0.717) is 22.0 Å². The molecule has 146 valence electrons. The van der Waals surface area contributed by atoms with Crippen molar-refractivity contribution in [1.29, 1.82) is 0 Å². The lowest BCUT2D eigenvalue weighted by Crippen LogP contribution is -2.33. The highest BCUT2D eigenvalue weighted by molar-refractivity contribution is 7.92. The maximum absolute atomic E-state index is 13.5. The third-order valence-electron chi connectivity index (χ3n) is 4.40. The number of halogens is 2. The van der Waals surface area contributed by atoms with Gasteiger partial charge in [0.1, 0.15) is 11.6 Å². The van der Waals surface area contributed by atoms with E-state index < -0.39 is 16.1 Å². The minimum atomic E-state index is -3.91. The van der Waals surface area contributed by atoms with E-state index in [9.17, 15) is 12.8 Å². The van der Waals surface area contributed by atoms with Gasteiger partial charge in [0.05, 0.1) is 23.7 Å². The van der Waals surface area contributed by atoms with Crippen LogP contribution in [0.25, 0.3) is 0 Å². The van der Waals surface area contributed by atoms with Gasteiger partial charge in [-0.15, -0.1) is 0 Å². The van der Waals surface area contributed by atoms with Crippen molar-refractivity contribution in [2.24, 2.45) is 0 Å². The molecule has 0 fully saturated rings. The molecule has 0 amide bonds. The molecule has 3 aromatic carbocycles. The van der Waals surface area contributed by atoms with Crippen molar-refractivity contribution in [2.45, 2.75) is 17.9 Å². The van der Waals surface area contributed by atoms with Crippen molar-refractivity contribution in [3.05, 3.63) is 89.2 Å². The van der Waals surface area contributed by atoms with Crippen LogP contribution in [0.1, 0.15) is 18.5 Å². The maximum atomic E-state index is 13.5. The van der Waals surface area contributed by atoms with Crippen LogP contribution in [0, 0.1) is 5.82 Å². The van der Waals surface area contributed by atoms with Gasteiger partial charge in [0.25, 0.3) is 10.0 Å². The molecule has 7 heteroatoms. The molecule has 0 unspecified atom stereocenters. The van der Waals surface area contributed by atoms with E-state index in [-0.39, 0.29) is 10.7 Å². The third-order valence-corrected chi connectivity index (χ3v) is 6.57. The van der Waals surface area contributed by atoms with E-state index in [4.69, 9.17) is 16.3 Å². The molecular formula is C21H19ClFNO3S. The lowest BCUT2D eigenvalue weighted by molar-refractivity contribution is 0.415. The summed E-state index contributed by atoms with van der Waals surface area (Å²) in [6, 6.07) is 17.9. The lowest BCUT2D eigenvalue weighted by Gasteiger charge is -2.31. The molecule has 0 saturated heterocycles. The fourth-order valence-electron chi connectivity index (χ4n) is 2.90. The molecule has 0 aliphatic rings. The summed E-state index contributed by atoms with van der Waals surface area (Å²) < 4.78 is 46.7. The molecule has 28 heavy (non-hydrogen) atoms. The summed E-state index contributed by atoms with van der Waals surface area (Å²) in [5.74, 6) is 0.231. The van der Waals surface area contributed by atoms with E-state index in [1.165, 1.54) is 40.7 Å². The smallest absolute Gasteiger partial charge is 0.264 e. The first kappa shape index (κ1) is 20.2. The van der Waals surface area contributed by atoms with Crippen LogP contribution < -0.4 is 9.04 Å². The zero-order chi connectivity index (χ0) is 20.3. The van der Waals surface area contributed by atoms with Gasteiger partial charge < -0.3 is 4.74 Å². The first-order valence-corrected chi connectivity index (χ1v) is 10.3. The summed E-state index contributed by atoms with van der Waals surface area (Å²) >= 11 is 5.91. The van der Waals surface area contributed by atoms with E-state index in [2.05, 4.69) is 0 Å². The number of methoxy groups -OCH3 is 1. The zero-order valence-corrected chi connectivity index (χ0v) is 16.9. The van der Waals surface area contributed by atoms with Crippen LogP contribution in [0.3, 0.4) is 0 Å². The van der Waals surface area contributed by atoms with Crippen LogP contribution in [-0.2, 0) is 10.0 Å². The van der Waals surface area contributed by atoms with Crippen molar-refractivity contribution >= 4 is 27.3 Å². The summed E-state index contributed by atoms with van der Waals surface area (Å²) in [6.07, 6.45) is 0. The molecule has 0 aromatic heterocycles. The van der Waals surface area contributed by atoms with Crippen LogP contribution in [0.5, 0.6) is 5.75 Å². The van der Waals surface area contributed by atoms with Crippen molar-refractivity contribution in [3.63, 3.8) is 0 Å². The molecule has 0 saturated carbocycles. The van der Waals surface area contributed by atoms with Gasteiger partial charge in [-0.25, -0.2) is 12.8 Å². The number of ether oxygens (including phenoxy) is 1. The van der Waals surface area contributed by atoms with Crippen molar-refractivity contribution < 1.29 is 17.5 Å². The predicted molar refractivity (Wildman–Crippen MR) is 109 cm³/mol. The number of anilines is 1. The quantitative estimate of drug-likeness (QED) is 0.534. The Labute approximate surface area is 169 Å². The first-order chi connectivity index (χ1) is 13.3. The third kappa shape index (κ3) is 4.13. The normalized spacial score (nSPS) is 12.4. The Hall–Kier alpha value is -2.57. The minimum Gasteiger partial charge on any atom is -0.497 e. The van der Waals surface area contributed by atoms with Crippen molar-refractivity contribution in [2.75, 3.05) is 11.4 Å². The van der Waals surface area contributed by atoms with E-state index in [0.717, 1.165) is 0 Å². The Morgan fingerprint density at radius 2 is 1.50 bits per heavy atom. The van der Waals surface area contributed by atoms with Gasteiger partial charge in [-0.05, 0) is 73.2 Å². The Bertz CT molecular complexity index is 1040. The number of benzene rings is 3. The van der Waals surface area contributed by atoms with Gasteiger partial charge in [-0.2, -0.15) is 0 Å². The molecule has 0 radical (unpaired) electrons. The Morgan fingerprint density at radius 3 is 2.04 bits per heavy atom. The molecule has 0 bridgehead atoms. The topological polar surface area (TPSA) is 46.6 Å². The molecule has 3 aromatic rings. The second-order valence-corrected chi connectivity index (χ2v) is 8.43. The molecular weight excluding hydrogens is 401 g/mol. The molecule has 0 aliphatic heterocycles. The van der Waals surface area contributed by atoms with Crippen LogP contribution in [-0.4, -0.2) is 15.5 Å². The van der Waals surface area contributed by atoms with Crippen molar-refractivity contribution in [1.82, 2.24) is 0 Å². The molecule has 0 heterocycles. The lowest BCUT2D eigenvalue weighted by atomic mass is 10.1. The summed E-state index contributed by atoms with van der Waals surface area (Å²) in [7, 11) is -2.37. The molecule has 0 aliphatic carbocycles. The van der Waals surface area contributed by atoms with Gasteiger partial charge in [0.15, 0.2) is 0 Å². The second kappa shape index (κ2) is 8.20. The molecule has 0 spiro atoms. The highest BCUT2D eigenvalue weighted by atomic mass is 35.5. The zero-order valence-electron chi connectivity index (χ0n) is 15.3. The van der Waals surface area contributed by atoms with Gasteiger partial charge in [-0.1, -0.05) is 23.7 Å².